The maximum atomic E-state index is 6.54. The van der Waals surface area contributed by atoms with Gasteiger partial charge in [-0.15, -0.1) is 0 Å². The molecule has 0 saturated carbocycles. The average molecular weight is 756 g/mol. The summed E-state index contributed by atoms with van der Waals surface area (Å²) < 4.78 is 9.24. The molecule has 3 aromatic heterocycles. The Hall–Kier alpha value is -6.72. The number of hydrogen-bond donors (Lipinski definition) is 0. The van der Waals surface area contributed by atoms with E-state index in [9.17, 15) is 0 Å². The third-order valence-electron chi connectivity index (χ3n) is 10.2. The Balaban J connectivity index is 1.12. The minimum absolute atomic E-state index is 0.144. The molecule has 54 heavy (non-hydrogen) atoms. The number of aromatic nitrogens is 4. The molecule has 0 aliphatic heterocycles. The van der Waals surface area contributed by atoms with Crippen LogP contribution in [-0.2, 0) is 0 Å². The molecule has 6 heteroatoms. The van der Waals surface area contributed by atoms with Gasteiger partial charge in [0.15, 0.2) is 0 Å². The second-order valence-electron chi connectivity index (χ2n) is 13.4. The summed E-state index contributed by atoms with van der Waals surface area (Å²) in [4.78, 5) is 20.5. The van der Waals surface area contributed by atoms with Gasteiger partial charge in [0.1, 0.15) is 5.52 Å². The second kappa shape index (κ2) is 12.5. The van der Waals surface area contributed by atoms with Crippen LogP contribution in [0.15, 0.2) is 174 Å². The normalized spacial score (nSPS) is 11.7. The van der Waals surface area contributed by atoms with E-state index in [2.05, 4.69) is 115 Å². The van der Waals surface area contributed by atoms with Crippen LogP contribution in [-0.4, -0.2) is 34.4 Å². The van der Waals surface area contributed by atoms with Crippen LogP contribution in [0.25, 0.3) is 109 Å². The average Bonchev–Trinajstić information content (AvgIpc) is 3.86. The first kappa shape index (κ1) is 30.9. The van der Waals surface area contributed by atoms with Crippen molar-refractivity contribution in [2.45, 2.75) is 0 Å². The van der Waals surface area contributed by atoms with Gasteiger partial charge in [0.05, 0.1) is 0 Å². The Labute approximate surface area is 316 Å². The van der Waals surface area contributed by atoms with Crippen LogP contribution in [0.5, 0.6) is 0 Å². The number of fused-ring (bicyclic) bond motifs is 8. The predicted molar refractivity (Wildman–Crippen MR) is 222 cm³/mol. The molecule has 0 aliphatic rings. The maximum absolute atomic E-state index is 6.54. The van der Waals surface area contributed by atoms with E-state index in [1.807, 2.05) is 54.6 Å². The van der Waals surface area contributed by atoms with Crippen LogP contribution in [0.4, 0.5) is 0 Å². The van der Waals surface area contributed by atoms with E-state index < -0.39 is 0 Å². The molecule has 8 aromatic carbocycles. The summed E-state index contributed by atoms with van der Waals surface area (Å²) in [5, 5.41) is 6.96. The van der Waals surface area contributed by atoms with Gasteiger partial charge >= 0.3 is 242 Å². The van der Waals surface area contributed by atoms with Gasteiger partial charge in [-0.2, -0.15) is 0 Å². The van der Waals surface area contributed by atoms with Crippen LogP contribution in [0.2, 0.25) is 0 Å². The fourth-order valence-corrected chi connectivity index (χ4v) is 10.1. The van der Waals surface area contributed by atoms with E-state index in [1.54, 1.807) is 0 Å². The molecule has 0 radical (unpaired) electrons. The van der Waals surface area contributed by atoms with Crippen molar-refractivity contribution in [2.24, 2.45) is 0 Å². The first-order valence-electron chi connectivity index (χ1n) is 17.9. The third kappa shape index (κ3) is 5.07. The SMILES string of the molecule is c1ccc(-c2nc(-c3ccccc3-c3ccc4ccc5ccc6nc(-c7ccccc7)oc6c5c4c3)nc(-c3cccc4c3[se]c3ccccc34)n2)cc1. The molecular formula is C48H28N4OSe. The summed E-state index contributed by atoms with van der Waals surface area (Å²) in [6, 6.07) is 59.1. The second-order valence-corrected chi connectivity index (χ2v) is 15.6. The topological polar surface area (TPSA) is 64.7 Å². The van der Waals surface area contributed by atoms with E-state index in [0.717, 1.165) is 66.0 Å². The quantitative estimate of drug-likeness (QED) is 0.129. The first-order chi connectivity index (χ1) is 26.7. The van der Waals surface area contributed by atoms with Gasteiger partial charge in [-0.3, -0.25) is 0 Å². The summed E-state index contributed by atoms with van der Waals surface area (Å²) in [6.45, 7) is 0. The Morgan fingerprint density at radius 3 is 1.89 bits per heavy atom. The molecule has 11 aromatic rings. The molecule has 0 atom stereocenters. The Kier molecular flexibility index (Phi) is 7.12. The fraction of sp³-hybridized carbons (Fsp3) is 0. The molecule has 0 fully saturated rings. The van der Waals surface area contributed by atoms with Crippen molar-refractivity contribution in [1.82, 2.24) is 19.9 Å². The van der Waals surface area contributed by atoms with Crippen molar-refractivity contribution >= 4 is 66.4 Å². The molecule has 0 N–H and O–H groups in total. The number of rotatable bonds is 5. The summed E-state index contributed by atoms with van der Waals surface area (Å²) >= 11 is 0.144. The number of oxazole rings is 1. The molecule has 3 heterocycles. The van der Waals surface area contributed by atoms with Crippen molar-refractivity contribution in [3.05, 3.63) is 170 Å². The van der Waals surface area contributed by atoms with E-state index in [1.165, 1.54) is 19.3 Å². The van der Waals surface area contributed by atoms with Crippen molar-refractivity contribution in [2.75, 3.05) is 0 Å². The van der Waals surface area contributed by atoms with Crippen molar-refractivity contribution < 1.29 is 4.42 Å². The molecule has 0 bridgehead atoms. The molecule has 0 amide bonds. The van der Waals surface area contributed by atoms with Gasteiger partial charge in [0, 0.05) is 5.56 Å². The van der Waals surface area contributed by atoms with Crippen LogP contribution < -0.4 is 0 Å². The van der Waals surface area contributed by atoms with Crippen LogP contribution in [0.3, 0.4) is 0 Å². The standard InChI is InChI=1S/C48H28N4OSe/c1-3-12-31(13-4-1)45-50-46(52-47(51-45)38-20-11-19-36-35-17-9-10-21-41(35)54-44(36)38)37-18-8-7-16-34(37)33-25-23-29-22-24-30-26-27-40-43(42(30)39(29)28-33)53-48(49-40)32-14-5-2-6-15-32/h1-28H. The number of nitrogens with zero attached hydrogens (tertiary/aromatic N) is 4. The summed E-state index contributed by atoms with van der Waals surface area (Å²) in [6.07, 6.45) is 0. The minimum atomic E-state index is 0.144. The monoisotopic (exact) mass is 756 g/mol. The molecule has 0 unspecified atom stereocenters. The fourth-order valence-electron chi connectivity index (χ4n) is 7.58. The summed E-state index contributed by atoms with van der Waals surface area (Å²) in [7, 11) is 0. The Morgan fingerprint density at radius 2 is 1.04 bits per heavy atom. The van der Waals surface area contributed by atoms with Gasteiger partial charge in [0.25, 0.3) is 0 Å². The predicted octanol–water partition coefficient (Wildman–Crippen LogP) is 12.0. The Bertz CT molecular complexity index is 3220. The van der Waals surface area contributed by atoms with Crippen LogP contribution in [0.1, 0.15) is 0 Å². The van der Waals surface area contributed by atoms with Gasteiger partial charge in [-0.1, -0.05) is 30.3 Å². The molecule has 252 valence electrons. The molecule has 11 rings (SSSR count). The zero-order valence-electron chi connectivity index (χ0n) is 28.8. The van der Waals surface area contributed by atoms with E-state index in [-0.39, 0.29) is 14.5 Å². The number of benzene rings is 8. The molecule has 0 aliphatic carbocycles. The van der Waals surface area contributed by atoms with Crippen molar-refractivity contribution in [3.63, 3.8) is 0 Å². The van der Waals surface area contributed by atoms with E-state index in [0.29, 0.717) is 23.4 Å². The van der Waals surface area contributed by atoms with Crippen molar-refractivity contribution in [3.8, 4) is 56.7 Å². The van der Waals surface area contributed by atoms with Crippen LogP contribution in [0, 0.1) is 0 Å². The van der Waals surface area contributed by atoms with Crippen molar-refractivity contribution in [1.29, 1.82) is 0 Å². The van der Waals surface area contributed by atoms with Gasteiger partial charge in [-0.25, -0.2) is 4.98 Å². The van der Waals surface area contributed by atoms with Gasteiger partial charge in [-0.05, 0) is 18.2 Å². The molecular weight excluding hydrogens is 728 g/mol. The van der Waals surface area contributed by atoms with Gasteiger partial charge in [0.2, 0.25) is 5.89 Å². The summed E-state index contributed by atoms with van der Waals surface area (Å²) in [5.74, 6) is 2.59. The van der Waals surface area contributed by atoms with Crippen LogP contribution >= 0.6 is 0 Å². The summed E-state index contributed by atoms with van der Waals surface area (Å²) in [5.41, 5.74) is 7.63. The zero-order valence-corrected chi connectivity index (χ0v) is 30.5. The third-order valence-corrected chi connectivity index (χ3v) is 12.7. The van der Waals surface area contributed by atoms with Gasteiger partial charge < -0.3 is 4.42 Å². The zero-order chi connectivity index (χ0) is 35.6. The van der Waals surface area contributed by atoms with E-state index in [4.69, 9.17) is 24.4 Å². The molecule has 0 spiro atoms. The number of hydrogen-bond acceptors (Lipinski definition) is 5. The molecule has 5 nitrogen and oxygen atoms in total. The Morgan fingerprint density at radius 1 is 0.407 bits per heavy atom. The van der Waals surface area contributed by atoms with E-state index >= 15 is 0 Å². The first-order valence-corrected chi connectivity index (χ1v) is 19.6. The molecule has 0 saturated heterocycles.